The lowest BCUT2D eigenvalue weighted by Gasteiger charge is -2.41. The first-order chi connectivity index (χ1) is 14.3. The molecule has 0 spiro atoms. The normalized spacial score (nSPS) is 26.4. The second-order valence-corrected chi connectivity index (χ2v) is 9.95. The van der Waals surface area contributed by atoms with E-state index in [9.17, 15) is 9.59 Å². The zero-order valence-electron chi connectivity index (χ0n) is 18.7. The SMILES string of the molecule is CCc1ccc([C@@H]2C(C(=O)OC3CCCC3)=C(C)N=C3CC(C)(C)CC(=O)C32)cc1. The van der Waals surface area contributed by atoms with Gasteiger partial charge in [-0.3, -0.25) is 9.79 Å². The van der Waals surface area contributed by atoms with Gasteiger partial charge in [0.25, 0.3) is 0 Å². The lowest BCUT2D eigenvalue weighted by molar-refractivity contribution is -0.144. The largest absolute Gasteiger partial charge is 0.459 e. The van der Waals surface area contributed by atoms with E-state index in [2.05, 4.69) is 45.0 Å². The summed E-state index contributed by atoms with van der Waals surface area (Å²) in [6, 6.07) is 8.37. The molecule has 1 aromatic rings. The predicted octanol–water partition coefficient (Wildman–Crippen LogP) is 5.55. The van der Waals surface area contributed by atoms with Gasteiger partial charge in [0, 0.05) is 23.7 Å². The van der Waals surface area contributed by atoms with Gasteiger partial charge in [-0.25, -0.2) is 4.79 Å². The van der Waals surface area contributed by atoms with Crippen molar-refractivity contribution in [2.24, 2.45) is 16.3 Å². The van der Waals surface area contributed by atoms with Gasteiger partial charge in [-0.1, -0.05) is 45.0 Å². The maximum absolute atomic E-state index is 13.3. The lowest BCUT2D eigenvalue weighted by atomic mass is 9.63. The molecule has 160 valence electrons. The topological polar surface area (TPSA) is 55.7 Å². The van der Waals surface area contributed by atoms with Crippen molar-refractivity contribution in [2.75, 3.05) is 0 Å². The summed E-state index contributed by atoms with van der Waals surface area (Å²) in [5, 5.41) is 0. The zero-order valence-corrected chi connectivity index (χ0v) is 18.7. The van der Waals surface area contributed by atoms with Crippen LogP contribution >= 0.6 is 0 Å². The smallest absolute Gasteiger partial charge is 0.336 e. The minimum atomic E-state index is -0.361. The Kier molecular flexibility index (Phi) is 5.69. The molecule has 2 aliphatic carbocycles. The fourth-order valence-corrected chi connectivity index (χ4v) is 5.40. The van der Waals surface area contributed by atoms with Gasteiger partial charge in [0.05, 0.1) is 11.5 Å². The third-order valence-electron chi connectivity index (χ3n) is 6.91. The molecule has 4 nitrogen and oxygen atoms in total. The number of allylic oxidation sites excluding steroid dienone is 1. The average Bonchev–Trinajstić information content (AvgIpc) is 3.18. The highest BCUT2D eigenvalue weighted by molar-refractivity contribution is 6.12. The van der Waals surface area contributed by atoms with Gasteiger partial charge >= 0.3 is 5.97 Å². The maximum atomic E-state index is 13.3. The number of esters is 1. The van der Waals surface area contributed by atoms with Gasteiger partial charge in [-0.2, -0.15) is 0 Å². The van der Waals surface area contributed by atoms with Crippen LogP contribution < -0.4 is 0 Å². The zero-order chi connectivity index (χ0) is 21.5. The predicted molar refractivity (Wildman–Crippen MR) is 119 cm³/mol. The first-order valence-electron chi connectivity index (χ1n) is 11.4. The summed E-state index contributed by atoms with van der Waals surface area (Å²) in [7, 11) is 0. The Hall–Kier alpha value is -2.23. The van der Waals surface area contributed by atoms with Crippen molar-refractivity contribution >= 4 is 17.5 Å². The molecule has 1 aromatic carbocycles. The van der Waals surface area contributed by atoms with E-state index in [-0.39, 0.29) is 35.1 Å². The minimum Gasteiger partial charge on any atom is -0.459 e. The number of ketones is 1. The van der Waals surface area contributed by atoms with Gasteiger partial charge in [0.2, 0.25) is 0 Å². The number of hydrogen-bond acceptors (Lipinski definition) is 4. The van der Waals surface area contributed by atoms with E-state index in [1.165, 1.54) is 5.56 Å². The molecule has 0 radical (unpaired) electrons. The molecule has 0 amide bonds. The molecule has 2 fully saturated rings. The van der Waals surface area contributed by atoms with Crippen LogP contribution in [0.5, 0.6) is 0 Å². The summed E-state index contributed by atoms with van der Waals surface area (Å²) in [5.41, 5.74) is 4.37. The summed E-state index contributed by atoms with van der Waals surface area (Å²) in [6.07, 6.45) is 6.33. The Morgan fingerprint density at radius 2 is 1.77 bits per heavy atom. The summed E-state index contributed by atoms with van der Waals surface area (Å²) in [5.74, 6) is -0.765. The van der Waals surface area contributed by atoms with Crippen LogP contribution in [0.25, 0.3) is 0 Å². The van der Waals surface area contributed by atoms with Crippen molar-refractivity contribution in [1.29, 1.82) is 0 Å². The fourth-order valence-electron chi connectivity index (χ4n) is 5.40. The molecule has 0 aromatic heterocycles. The molecule has 0 bridgehead atoms. The third kappa shape index (κ3) is 4.01. The number of ether oxygens (including phenoxy) is 1. The molecule has 30 heavy (non-hydrogen) atoms. The second kappa shape index (κ2) is 8.13. The van der Waals surface area contributed by atoms with Gasteiger partial charge in [-0.05, 0) is 62.0 Å². The van der Waals surface area contributed by atoms with E-state index in [0.717, 1.165) is 49.8 Å². The van der Waals surface area contributed by atoms with E-state index >= 15 is 0 Å². The van der Waals surface area contributed by atoms with Crippen LogP contribution in [0.3, 0.4) is 0 Å². The lowest BCUT2D eigenvalue weighted by Crippen LogP contribution is -2.44. The Balaban J connectivity index is 1.77. The van der Waals surface area contributed by atoms with Crippen LogP contribution in [0.2, 0.25) is 0 Å². The number of carbonyl (C=O) groups is 2. The standard InChI is InChI=1S/C26H33NO3/c1-5-17-10-12-18(13-11-17)23-22(25(29)30-19-8-6-7-9-19)16(2)27-20-14-26(3,4)15-21(28)24(20)23/h10-13,19,23-24H,5-9,14-15H2,1-4H3/t23-,24?/m1/s1. The Morgan fingerprint density at radius 3 is 2.40 bits per heavy atom. The van der Waals surface area contributed by atoms with E-state index in [4.69, 9.17) is 9.73 Å². The number of aryl methyl sites for hydroxylation is 1. The van der Waals surface area contributed by atoms with Gasteiger partial charge in [0.1, 0.15) is 11.9 Å². The summed E-state index contributed by atoms with van der Waals surface area (Å²) in [4.78, 5) is 31.4. The van der Waals surface area contributed by atoms with Gasteiger partial charge in [-0.15, -0.1) is 0 Å². The molecule has 1 unspecified atom stereocenters. The molecule has 2 saturated carbocycles. The minimum absolute atomic E-state index is 0.00714. The van der Waals surface area contributed by atoms with Crippen LogP contribution in [0.15, 0.2) is 40.5 Å². The van der Waals surface area contributed by atoms with Crippen molar-refractivity contribution in [1.82, 2.24) is 0 Å². The second-order valence-electron chi connectivity index (χ2n) is 9.95. The number of aliphatic imine (C=N–C) groups is 1. The molecule has 4 rings (SSSR count). The van der Waals surface area contributed by atoms with E-state index in [1.807, 2.05) is 6.92 Å². The summed E-state index contributed by atoms with van der Waals surface area (Å²) < 4.78 is 5.90. The monoisotopic (exact) mass is 407 g/mol. The number of nitrogens with zero attached hydrogens (tertiary/aromatic N) is 1. The Morgan fingerprint density at radius 1 is 1.10 bits per heavy atom. The molecule has 2 atom stereocenters. The van der Waals surface area contributed by atoms with Gasteiger partial charge < -0.3 is 4.74 Å². The first kappa shape index (κ1) is 21.0. The van der Waals surface area contributed by atoms with E-state index < -0.39 is 0 Å². The Bertz CT molecular complexity index is 901. The molecular formula is C26H33NO3. The fraction of sp³-hybridized carbons (Fsp3) is 0.577. The van der Waals surface area contributed by atoms with Crippen LogP contribution in [0.1, 0.15) is 83.3 Å². The van der Waals surface area contributed by atoms with Crippen molar-refractivity contribution in [3.8, 4) is 0 Å². The highest BCUT2D eigenvalue weighted by atomic mass is 16.5. The van der Waals surface area contributed by atoms with E-state index in [1.54, 1.807) is 0 Å². The highest BCUT2D eigenvalue weighted by Gasteiger charge is 2.47. The summed E-state index contributed by atoms with van der Waals surface area (Å²) in [6.45, 7) is 8.27. The van der Waals surface area contributed by atoms with Gasteiger partial charge in [0.15, 0.2) is 0 Å². The van der Waals surface area contributed by atoms with Crippen molar-refractivity contribution in [3.63, 3.8) is 0 Å². The third-order valence-corrected chi connectivity index (χ3v) is 6.91. The highest BCUT2D eigenvalue weighted by Crippen LogP contribution is 2.47. The van der Waals surface area contributed by atoms with Crippen molar-refractivity contribution in [2.45, 2.75) is 84.7 Å². The number of fused-ring (bicyclic) bond motifs is 1. The maximum Gasteiger partial charge on any atom is 0.336 e. The van der Waals surface area contributed by atoms with Crippen LogP contribution in [-0.4, -0.2) is 23.6 Å². The molecule has 1 aliphatic heterocycles. The van der Waals surface area contributed by atoms with E-state index in [0.29, 0.717) is 17.7 Å². The van der Waals surface area contributed by atoms with Crippen LogP contribution in [0.4, 0.5) is 0 Å². The average molecular weight is 408 g/mol. The molecule has 3 aliphatic rings. The van der Waals surface area contributed by atoms with Crippen molar-refractivity contribution in [3.05, 3.63) is 46.7 Å². The number of carbonyl (C=O) groups excluding carboxylic acids is 2. The number of rotatable bonds is 4. The quantitative estimate of drug-likeness (QED) is 0.615. The number of Topliss-reactive ketones (excluding diaryl/α,β-unsaturated/α-hetero) is 1. The molecule has 0 saturated heterocycles. The molecule has 1 heterocycles. The summed E-state index contributed by atoms with van der Waals surface area (Å²) >= 11 is 0. The van der Waals surface area contributed by atoms with Crippen molar-refractivity contribution < 1.29 is 14.3 Å². The Labute approximate surface area is 179 Å². The number of benzene rings is 1. The van der Waals surface area contributed by atoms with Crippen LogP contribution in [-0.2, 0) is 20.7 Å². The number of hydrogen-bond donors (Lipinski definition) is 0. The molecule has 4 heteroatoms. The molecule has 0 N–H and O–H groups in total. The molecular weight excluding hydrogens is 374 g/mol. The first-order valence-corrected chi connectivity index (χ1v) is 11.4. The van der Waals surface area contributed by atoms with Crippen LogP contribution in [0, 0.1) is 11.3 Å².